The van der Waals surface area contributed by atoms with E-state index in [-0.39, 0.29) is 16.8 Å². The minimum atomic E-state index is -3.43. The van der Waals surface area contributed by atoms with E-state index in [0.29, 0.717) is 11.5 Å². The third-order valence-electron chi connectivity index (χ3n) is 6.36. The maximum Gasteiger partial charge on any atom is 0.259 e. The first-order valence-corrected chi connectivity index (χ1v) is 13.4. The Balaban J connectivity index is 1.59. The smallest absolute Gasteiger partial charge is 0.259 e. The Hall–Kier alpha value is -2.97. The third kappa shape index (κ3) is 3.31. The molecule has 1 fully saturated rings. The Morgan fingerprint density at radius 2 is 1.79 bits per heavy atom. The lowest BCUT2D eigenvalue weighted by molar-refractivity contribution is 0.0970. The summed E-state index contributed by atoms with van der Waals surface area (Å²) in [5, 5.41) is 0. The maximum atomic E-state index is 14.0. The summed E-state index contributed by atoms with van der Waals surface area (Å²) in [5.41, 5.74) is 3.90. The molecular formula is C25H20BrN3O3S. The van der Waals surface area contributed by atoms with Gasteiger partial charge >= 0.3 is 0 Å². The normalized spacial score (nSPS) is 17.6. The summed E-state index contributed by atoms with van der Waals surface area (Å²) in [7, 11) is -3.43. The van der Waals surface area contributed by atoms with E-state index in [1.165, 1.54) is 12.1 Å². The topological polar surface area (TPSA) is 72.3 Å². The molecule has 1 aromatic heterocycles. The molecule has 0 bridgehead atoms. The number of imidazole rings is 1. The van der Waals surface area contributed by atoms with Gasteiger partial charge in [-0.2, -0.15) is 0 Å². The van der Waals surface area contributed by atoms with E-state index in [9.17, 15) is 13.2 Å². The van der Waals surface area contributed by atoms with Crippen LogP contribution in [-0.4, -0.2) is 30.1 Å². The number of rotatable bonds is 3. The highest BCUT2D eigenvalue weighted by Crippen LogP contribution is 2.51. The van der Waals surface area contributed by atoms with E-state index in [2.05, 4.69) is 20.5 Å². The summed E-state index contributed by atoms with van der Waals surface area (Å²) in [6.45, 7) is 0. The van der Waals surface area contributed by atoms with Crippen molar-refractivity contribution in [1.29, 1.82) is 0 Å². The lowest BCUT2D eigenvalue weighted by atomic mass is 10.0. The second-order valence-electron chi connectivity index (χ2n) is 8.68. The van der Waals surface area contributed by atoms with Crippen LogP contribution >= 0.6 is 15.9 Å². The van der Waals surface area contributed by atoms with Gasteiger partial charge in [0.15, 0.2) is 9.84 Å². The number of aromatic nitrogens is 2. The van der Waals surface area contributed by atoms with Gasteiger partial charge in [0.05, 0.1) is 33.3 Å². The largest absolute Gasteiger partial charge is 0.295 e. The van der Waals surface area contributed by atoms with Crippen LogP contribution in [0.25, 0.3) is 16.7 Å². The number of amides is 1. The van der Waals surface area contributed by atoms with Gasteiger partial charge in [0.2, 0.25) is 0 Å². The van der Waals surface area contributed by atoms with Crippen LogP contribution in [0.3, 0.4) is 0 Å². The van der Waals surface area contributed by atoms with Crippen LogP contribution in [0.2, 0.25) is 0 Å². The number of halogens is 1. The van der Waals surface area contributed by atoms with E-state index in [0.717, 1.165) is 51.8 Å². The first-order valence-electron chi connectivity index (χ1n) is 10.7. The molecule has 1 atom stereocenters. The Kier molecular flexibility index (Phi) is 4.54. The Bertz CT molecular complexity index is 1560. The zero-order valence-electron chi connectivity index (χ0n) is 17.8. The van der Waals surface area contributed by atoms with Gasteiger partial charge in [-0.25, -0.2) is 13.4 Å². The Morgan fingerprint density at radius 1 is 1.00 bits per heavy atom. The Morgan fingerprint density at radius 3 is 2.55 bits per heavy atom. The molecule has 4 aromatic rings. The maximum absolute atomic E-state index is 14.0. The number of fused-ring (bicyclic) bond motifs is 5. The van der Waals surface area contributed by atoms with Crippen molar-refractivity contribution in [3.05, 3.63) is 82.6 Å². The standard InChI is InChI=1S/C25H20BrN3O3S/c1-33(31,32)18-6-4-5-16(13-18)25(30)29-21-12-11-17(26)14-22(21)28-20-8-3-2-7-19(20)27-24(28)23(29)15-9-10-15/h2-8,11-15,23H,9-10H2,1H3. The number of carbonyl (C=O) groups is 1. The number of hydrogen-bond acceptors (Lipinski definition) is 4. The summed E-state index contributed by atoms with van der Waals surface area (Å²) >= 11 is 3.58. The van der Waals surface area contributed by atoms with Crippen molar-refractivity contribution in [2.75, 3.05) is 11.2 Å². The number of anilines is 1. The van der Waals surface area contributed by atoms with Gasteiger partial charge in [0.1, 0.15) is 5.82 Å². The number of carbonyl (C=O) groups excluding carboxylic acids is 1. The van der Waals surface area contributed by atoms with Crippen molar-refractivity contribution >= 4 is 48.4 Å². The molecule has 1 unspecified atom stereocenters. The second-order valence-corrected chi connectivity index (χ2v) is 11.6. The second kappa shape index (κ2) is 7.27. The van der Waals surface area contributed by atoms with E-state index in [1.807, 2.05) is 47.4 Å². The first-order chi connectivity index (χ1) is 15.8. The number of benzene rings is 3. The molecule has 8 heteroatoms. The fourth-order valence-electron chi connectivity index (χ4n) is 4.71. The highest BCUT2D eigenvalue weighted by atomic mass is 79.9. The zero-order chi connectivity index (χ0) is 22.9. The van der Waals surface area contributed by atoms with Gasteiger partial charge in [0, 0.05) is 16.3 Å². The van der Waals surface area contributed by atoms with Crippen molar-refractivity contribution in [2.45, 2.75) is 23.8 Å². The van der Waals surface area contributed by atoms with Gasteiger partial charge in [-0.05, 0) is 67.3 Å². The zero-order valence-corrected chi connectivity index (χ0v) is 20.2. The number of nitrogens with zero attached hydrogens (tertiary/aromatic N) is 3. The van der Waals surface area contributed by atoms with Crippen LogP contribution in [0.4, 0.5) is 5.69 Å². The van der Waals surface area contributed by atoms with Gasteiger partial charge < -0.3 is 0 Å². The molecule has 1 amide bonds. The fourth-order valence-corrected chi connectivity index (χ4v) is 5.72. The molecule has 1 aliphatic heterocycles. The van der Waals surface area contributed by atoms with Crippen molar-refractivity contribution < 1.29 is 13.2 Å². The van der Waals surface area contributed by atoms with Crippen LogP contribution < -0.4 is 4.90 Å². The van der Waals surface area contributed by atoms with E-state index in [1.54, 1.807) is 12.1 Å². The SMILES string of the molecule is CS(=O)(=O)c1cccc(C(=O)N2c3ccc(Br)cc3-n3c(nc4ccccc43)C2C2CC2)c1. The molecule has 2 aliphatic rings. The highest BCUT2D eigenvalue weighted by Gasteiger charge is 2.46. The quantitative estimate of drug-likeness (QED) is 0.366. The number of sulfone groups is 1. The van der Waals surface area contributed by atoms with E-state index >= 15 is 0 Å². The lowest BCUT2D eigenvalue weighted by Gasteiger charge is -2.38. The van der Waals surface area contributed by atoms with E-state index < -0.39 is 9.84 Å². The summed E-state index contributed by atoms with van der Waals surface area (Å²) < 4.78 is 27.3. The number of hydrogen-bond donors (Lipinski definition) is 0. The average Bonchev–Trinajstić information content (AvgIpc) is 3.56. The molecule has 0 N–H and O–H groups in total. The molecule has 6 nitrogen and oxygen atoms in total. The molecule has 3 aromatic carbocycles. The third-order valence-corrected chi connectivity index (χ3v) is 7.97. The molecular weight excluding hydrogens is 502 g/mol. The predicted molar refractivity (Wildman–Crippen MR) is 131 cm³/mol. The van der Waals surface area contributed by atoms with Gasteiger partial charge in [-0.1, -0.05) is 34.1 Å². The average molecular weight is 522 g/mol. The molecule has 0 spiro atoms. The summed E-state index contributed by atoms with van der Waals surface area (Å²) in [4.78, 5) is 20.9. The van der Waals surface area contributed by atoms with Crippen molar-refractivity contribution in [2.24, 2.45) is 5.92 Å². The van der Waals surface area contributed by atoms with Gasteiger partial charge in [0.25, 0.3) is 5.91 Å². The van der Waals surface area contributed by atoms with Gasteiger partial charge in [-0.3, -0.25) is 14.3 Å². The van der Waals surface area contributed by atoms with Crippen LogP contribution in [0.1, 0.15) is 35.1 Å². The monoisotopic (exact) mass is 521 g/mol. The molecule has 1 saturated carbocycles. The number of para-hydroxylation sites is 2. The van der Waals surface area contributed by atoms with Crippen LogP contribution in [0.5, 0.6) is 0 Å². The molecule has 2 heterocycles. The molecule has 1 aliphatic carbocycles. The molecule has 0 saturated heterocycles. The highest BCUT2D eigenvalue weighted by molar-refractivity contribution is 9.10. The molecule has 166 valence electrons. The van der Waals surface area contributed by atoms with E-state index in [4.69, 9.17) is 4.98 Å². The summed E-state index contributed by atoms with van der Waals surface area (Å²) in [6, 6.07) is 20.0. The minimum absolute atomic E-state index is 0.136. The minimum Gasteiger partial charge on any atom is -0.295 e. The van der Waals surface area contributed by atoms with Crippen LogP contribution in [0.15, 0.2) is 76.1 Å². The van der Waals surface area contributed by atoms with Crippen molar-refractivity contribution in [1.82, 2.24) is 9.55 Å². The molecule has 6 rings (SSSR count). The lowest BCUT2D eigenvalue weighted by Crippen LogP contribution is -2.41. The molecule has 0 radical (unpaired) electrons. The molecule has 33 heavy (non-hydrogen) atoms. The van der Waals surface area contributed by atoms with Crippen molar-refractivity contribution in [3.63, 3.8) is 0 Å². The predicted octanol–water partition coefficient (Wildman–Crippen LogP) is 5.30. The Labute approximate surface area is 199 Å². The van der Waals surface area contributed by atoms with Crippen LogP contribution in [-0.2, 0) is 9.84 Å². The summed E-state index contributed by atoms with van der Waals surface area (Å²) in [5.74, 6) is 0.926. The van der Waals surface area contributed by atoms with Crippen LogP contribution in [0, 0.1) is 5.92 Å². The first kappa shape index (κ1) is 20.6. The van der Waals surface area contributed by atoms with Gasteiger partial charge in [-0.15, -0.1) is 0 Å². The summed E-state index contributed by atoms with van der Waals surface area (Å²) in [6.07, 6.45) is 3.19. The van der Waals surface area contributed by atoms with Crippen molar-refractivity contribution in [3.8, 4) is 5.69 Å². The fraction of sp³-hybridized carbons (Fsp3) is 0.200.